The molecule has 4 rings (SSSR count). The third kappa shape index (κ3) is 3.72. The van der Waals surface area contributed by atoms with Crippen molar-refractivity contribution in [3.8, 4) is 17.0 Å². The molecule has 0 spiro atoms. The second-order valence-electron chi connectivity index (χ2n) is 5.23. The number of pyridine rings is 1. The molecule has 126 valence electrons. The van der Waals surface area contributed by atoms with Gasteiger partial charge < -0.3 is 10.1 Å². The van der Waals surface area contributed by atoms with Crippen LogP contribution in [0.2, 0.25) is 5.02 Å². The first kappa shape index (κ1) is 15.9. The molecule has 25 heavy (non-hydrogen) atoms. The van der Waals surface area contributed by atoms with Crippen molar-refractivity contribution in [1.82, 2.24) is 19.6 Å². The van der Waals surface area contributed by atoms with Crippen LogP contribution in [0.3, 0.4) is 0 Å². The Balaban J connectivity index is 1.37. The highest BCUT2D eigenvalue weighted by Crippen LogP contribution is 2.25. The maximum atomic E-state index is 5.92. The number of imidazole rings is 1. The molecular formula is C17H14ClN5OS. The van der Waals surface area contributed by atoms with Gasteiger partial charge in [-0.2, -0.15) is 0 Å². The molecule has 0 unspecified atom stereocenters. The largest absolute Gasteiger partial charge is 0.490 e. The number of nitrogens with zero attached hydrogens (tertiary/aromatic N) is 4. The number of benzene rings is 1. The molecule has 0 aliphatic carbocycles. The van der Waals surface area contributed by atoms with Crippen LogP contribution in [0.25, 0.3) is 16.2 Å². The fraction of sp³-hybridized carbons (Fsp3) is 0.118. The van der Waals surface area contributed by atoms with E-state index < -0.39 is 0 Å². The molecule has 1 aromatic carbocycles. The molecule has 0 fully saturated rings. The Morgan fingerprint density at radius 2 is 2.08 bits per heavy atom. The van der Waals surface area contributed by atoms with Gasteiger partial charge >= 0.3 is 0 Å². The summed E-state index contributed by atoms with van der Waals surface area (Å²) in [4.78, 5) is 9.45. The molecule has 3 heterocycles. The normalized spacial score (nSPS) is 10.9. The summed E-state index contributed by atoms with van der Waals surface area (Å²) < 4.78 is 7.37. The molecule has 0 aliphatic rings. The van der Waals surface area contributed by atoms with Crippen LogP contribution in [0.1, 0.15) is 0 Å². The van der Waals surface area contributed by atoms with E-state index >= 15 is 0 Å². The van der Waals surface area contributed by atoms with Gasteiger partial charge in [0, 0.05) is 16.8 Å². The maximum Gasteiger partial charge on any atom is 0.214 e. The number of rotatable bonds is 6. The molecular weight excluding hydrogens is 358 g/mol. The van der Waals surface area contributed by atoms with Crippen molar-refractivity contribution in [1.29, 1.82) is 0 Å². The molecule has 0 amide bonds. The Morgan fingerprint density at radius 1 is 1.20 bits per heavy atom. The summed E-state index contributed by atoms with van der Waals surface area (Å²) in [5, 5.41) is 9.25. The lowest BCUT2D eigenvalue weighted by atomic mass is 10.2. The smallest absolute Gasteiger partial charge is 0.214 e. The zero-order valence-electron chi connectivity index (χ0n) is 13.1. The fourth-order valence-electron chi connectivity index (χ4n) is 2.29. The van der Waals surface area contributed by atoms with Crippen LogP contribution in [0.5, 0.6) is 5.75 Å². The van der Waals surface area contributed by atoms with Gasteiger partial charge in [0.05, 0.1) is 24.6 Å². The van der Waals surface area contributed by atoms with E-state index in [9.17, 15) is 0 Å². The highest BCUT2D eigenvalue weighted by molar-refractivity contribution is 7.20. The minimum atomic E-state index is 0.531. The van der Waals surface area contributed by atoms with E-state index in [0.29, 0.717) is 18.2 Å². The van der Waals surface area contributed by atoms with Gasteiger partial charge in [-0.3, -0.25) is 4.98 Å². The summed E-state index contributed by atoms with van der Waals surface area (Å²) in [6.07, 6.45) is 5.32. The predicted octanol–water partition coefficient (Wildman–Crippen LogP) is 4.00. The molecule has 6 nitrogen and oxygen atoms in total. The Hall–Kier alpha value is -2.64. The van der Waals surface area contributed by atoms with Crippen LogP contribution in [0, 0.1) is 0 Å². The molecule has 8 heteroatoms. The van der Waals surface area contributed by atoms with Gasteiger partial charge in [0.15, 0.2) is 0 Å². The van der Waals surface area contributed by atoms with Crippen LogP contribution in [0.15, 0.2) is 55.0 Å². The van der Waals surface area contributed by atoms with Gasteiger partial charge in [0.2, 0.25) is 10.1 Å². The van der Waals surface area contributed by atoms with Gasteiger partial charge in [-0.25, -0.2) is 9.50 Å². The van der Waals surface area contributed by atoms with Crippen LogP contribution < -0.4 is 10.1 Å². The van der Waals surface area contributed by atoms with E-state index in [0.717, 1.165) is 27.1 Å². The zero-order chi connectivity index (χ0) is 17.1. The third-order valence-electron chi connectivity index (χ3n) is 3.46. The molecule has 0 radical (unpaired) electrons. The minimum absolute atomic E-state index is 0.531. The third-order valence-corrected chi connectivity index (χ3v) is 4.60. The number of nitrogens with one attached hydrogen (secondary N) is 1. The maximum absolute atomic E-state index is 5.92. The highest BCUT2D eigenvalue weighted by Gasteiger charge is 2.09. The summed E-state index contributed by atoms with van der Waals surface area (Å²) in [5.41, 5.74) is 1.89. The van der Waals surface area contributed by atoms with E-state index in [4.69, 9.17) is 16.3 Å². The van der Waals surface area contributed by atoms with E-state index in [-0.39, 0.29) is 0 Å². The SMILES string of the molecule is Clc1ccc(-c2cn3nc(NCCOc4cccnc4)sc3n2)cc1. The van der Waals surface area contributed by atoms with Gasteiger partial charge in [-0.15, -0.1) is 5.10 Å². The van der Waals surface area contributed by atoms with Crippen LogP contribution in [-0.4, -0.2) is 32.7 Å². The first-order valence-electron chi connectivity index (χ1n) is 7.67. The lowest BCUT2D eigenvalue weighted by molar-refractivity contribution is 0.331. The quantitative estimate of drug-likeness (QED) is 0.519. The molecule has 0 atom stereocenters. The van der Waals surface area contributed by atoms with E-state index in [1.807, 2.05) is 42.6 Å². The standard InChI is InChI=1S/C17H14ClN5OS/c18-13-5-3-12(4-6-13)15-11-23-17(21-15)25-16(22-23)20-8-9-24-14-2-1-7-19-10-14/h1-7,10-11H,8-9H2,(H,20,22). The number of fused-ring (bicyclic) bond motifs is 1. The van der Waals surface area contributed by atoms with Crippen molar-refractivity contribution < 1.29 is 4.74 Å². The Kier molecular flexibility index (Phi) is 4.49. The second-order valence-corrected chi connectivity index (χ2v) is 6.62. The molecule has 0 bridgehead atoms. The van der Waals surface area contributed by atoms with Gasteiger partial charge in [0.1, 0.15) is 12.4 Å². The first-order valence-corrected chi connectivity index (χ1v) is 8.86. The van der Waals surface area contributed by atoms with Crippen LogP contribution in [-0.2, 0) is 0 Å². The number of hydrogen-bond acceptors (Lipinski definition) is 6. The average molecular weight is 372 g/mol. The van der Waals surface area contributed by atoms with Crippen LogP contribution >= 0.6 is 22.9 Å². The van der Waals surface area contributed by atoms with Crippen LogP contribution in [0.4, 0.5) is 5.13 Å². The lowest BCUT2D eigenvalue weighted by Gasteiger charge is -2.05. The summed E-state index contributed by atoms with van der Waals surface area (Å²) >= 11 is 7.42. The Bertz CT molecular complexity index is 936. The second kappa shape index (κ2) is 7.08. The minimum Gasteiger partial charge on any atom is -0.490 e. The number of aromatic nitrogens is 4. The van der Waals surface area contributed by atoms with Crippen molar-refractivity contribution in [2.75, 3.05) is 18.5 Å². The van der Waals surface area contributed by atoms with Crippen molar-refractivity contribution >= 4 is 33.0 Å². The summed E-state index contributed by atoms with van der Waals surface area (Å²) in [6.45, 7) is 1.18. The predicted molar refractivity (Wildman–Crippen MR) is 99.5 cm³/mol. The van der Waals surface area contributed by atoms with E-state index in [1.165, 1.54) is 11.3 Å². The number of anilines is 1. The molecule has 3 aromatic heterocycles. The molecule has 1 N–H and O–H groups in total. The molecule has 0 aliphatic heterocycles. The Labute approximate surface area is 153 Å². The van der Waals surface area contributed by atoms with Gasteiger partial charge in [0.25, 0.3) is 0 Å². The Morgan fingerprint density at radius 3 is 2.84 bits per heavy atom. The highest BCUT2D eigenvalue weighted by atomic mass is 35.5. The topological polar surface area (TPSA) is 64.3 Å². The molecule has 0 saturated heterocycles. The van der Waals surface area contributed by atoms with Gasteiger partial charge in [-0.1, -0.05) is 35.1 Å². The van der Waals surface area contributed by atoms with Crippen molar-refractivity contribution in [3.05, 3.63) is 60.0 Å². The van der Waals surface area contributed by atoms with Crippen molar-refractivity contribution in [2.45, 2.75) is 0 Å². The van der Waals surface area contributed by atoms with Gasteiger partial charge in [-0.05, 0) is 24.3 Å². The molecule has 4 aromatic rings. The summed E-state index contributed by atoms with van der Waals surface area (Å²) in [6, 6.07) is 11.3. The fourth-order valence-corrected chi connectivity index (χ4v) is 3.22. The molecule has 0 saturated carbocycles. The zero-order valence-corrected chi connectivity index (χ0v) is 14.7. The monoisotopic (exact) mass is 371 g/mol. The summed E-state index contributed by atoms with van der Waals surface area (Å²) in [5.74, 6) is 0.755. The van der Waals surface area contributed by atoms with Crippen molar-refractivity contribution in [2.24, 2.45) is 0 Å². The number of ether oxygens (including phenoxy) is 1. The number of halogens is 1. The van der Waals surface area contributed by atoms with E-state index in [2.05, 4.69) is 20.4 Å². The van der Waals surface area contributed by atoms with Crippen molar-refractivity contribution in [3.63, 3.8) is 0 Å². The average Bonchev–Trinajstić information content (AvgIpc) is 3.19. The number of hydrogen-bond donors (Lipinski definition) is 1. The lowest BCUT2D eigenvalue weighted by Crippen LogP contribution is -2.11. The van der Waals surface area contributed by atoms with E-state index in [1.54, 1.807) is 16.9 Å². The first-order chi connectivity index (χ1) is 12.3. The summed E-state index contributed by atoms with van der Waals surface area (Å²) in [7, 11) is 0.